The van der Waals surface area contributed by atoms with Crippen molar-refractivity contribution in [2.75, 3.05) is 6.61 Å². The zero-order valence-electron chi connectivity index (χ0n) is 10.8. The summed E-state index contributed by atoms with van der Waals surface area (Å²) in [5.74, 6) is -0.470. The van der Waals surface area contributed by atoms with Gasteiger partial charge in [-0.05, 0) is 26.7 Å². The largest absolute Gasteiger partial charge is 0.462 e. The molecule has 18 heavy (non-hydrogen) atoms. The first-order chi connectivity index (χ1) is 8.60. The lowest BCUT2D eigenvalue weighted by Crippen LogP contribution is -2.26. The van der Waals surface area contributed by atoms with Crippen molar-refractivity contribution in [3.05, 3.63) is 17.5 Å². The lowest BCUT2D eigenvalue weighted by atomic mass is 10.0. The summed E-state index contributed by atoms with van der Waals surface area (Å²) < 4.78 is 6.70. The Hall–Kier alpha value is -1.83. The van der Waals surface area contributed by atoms with Gasteiger partial charge in [0.05, 0.1) is 12.1 Å². The third kappa shape index (κ3) is 2.10. The molecule has 1 aromatic rings. The van der Waals surface area contributed by atoms with E-state index in [2.05, 4.69) is 12.0 Å². The summed E-state index contributed by atoms with van der Waals surface area (Å²) in [6.07, 6.45) is 6.03. The molecule has 1 aromatic heterocycles. The average Bonchev–Trinajstić information content (AvgIpc) is 2.96. The number of aromatic nitrogens is 2. The number of esters is 1. The van der Waals surface area contributed by atoms with Crippen LogP contribution in [0.15, 0.2) is 6.20 Å². The highest BCUT2D eigenvalue weighted by Gasteiger charge is 2.33. The summed E-state index contributed by atoms with van der Waals surface area (Å²) in [4.78, 5) is 11.7. The molecule has 0 unspecified atom stereocenters. The van der Waals surface area contributed by atoms with Gasteiger partial charge in [-0.25, -0.2) is 4.79 Å². The van der Waals surface area contributed by atoms with Crippen molar-refractivity contribution in [1.29, 1.82) is 5.26 Å². The van der Waals surface area contributed by atoms with Crippen LogP contribution in [0.25, 0.3) is 0 Å². The second-order valence-electron chi connectivity index (χ2n) is 4.87. The van der Waals surface area contributed by atoms with Gasteiger partial charge in [0.15, 0.2) is 5.69 Å². The molecule has 96 valence electrons. The molecule has 0 bridgehead atoms. The van der Waals surface area contributed by atoms with Crippen molar-refractivity contribution in [2.24, 2.45) is 0 Å². The average molecular weight is 247 g/mol. The van der Waals surface area contributed by atoms with E-state index in [9.17, 15) is 4.79 Å². The van der Waals surface area contributed by atoms with Gasteiger partial charge in [0.1, 0.15) is 11.6 Å². The van der Waals surface area contributed by atoms with Gasteiger partial charge in [0, 0.05) is 6.20 Å². The van der Waals surface area contributed by atoms with E-state index in [1.807, 2.05) is 6.07 Å². The summed E-state index contributed by atoms with van der Waals surface area (Å²) in [5.41, 5.74) is 0.352. The van der Waals surface area contributed by atoms with E-state index in [4.69, 9.17) is 10.00 Å². The SMILES string of the molecule is CCOC(=O)c1cn(C2(C)CCCC2)nc1C#N. The number of ether oxygens (including phenoxy) is 1. The number of hydrogen-bond donors (Lipinski definition) is 0. The fraction of sp³-hybridized carbons (Fsp3) is 0.615. The number of carbonyl (C=O) groups excluding carboxylic acids is 1. The zero-order valence-corrected chi connectivity index (χ0v) is 10.8. The van der Waals surface area contributed by atoms with E-state index in [1.54, 1.807) is 17.8 Å². The number of rotatable bonds is 3. The van der Waals surface area contributed by atoms with Gasteiger partial charge < -0.3 is 4.74 Å². The maximum Gasteiger partial charge on any atom is 0.342 e. The molecule has 0 atom stereocenters. The molecule has 0 radical (unpaired) electrons. The van der Waals surface area contributed by atoms with Crippen LogP contribution in [0.2, 0.25) is 0 Å². The Kier molecular flexibility index (Phi) is 3.37. The minimum Gasteiger partial charge on any atom is -0.462 e. The van der Waals surface area contributed by atoms with Crippen molar-refractivity contribution in [2.45, 2.75) is 45.1 Å². The fourth-order valence-corrected chi connectivity index (χ4v) is 2.46. The first-order valence-corrected chi connectivity index (χ1v) is 6.28. The lowest BCUT2D eigenvalue weighted by Gasteiger charge is -2.23. The van der Waals surface area contributed by atoms with Gasteiger partial charge in [0.2, 0.25) is 0 Å². The Balaban J connectivity index is 2.35. The molecule has 2 rings (SSSR count). The quantitative estimate of drug-likeness (QED) is 0.768. The Morgan fingerprint density at radius 1 is 1.61 bits per heavy atom. The van der Waals surface area contributed by atoms with Gasteiger partial charge in [-0.1, -0.05) is 12.8 Å². The molecular formula is C13H17N3O2. The number of carbonyl (C=O) groups is 1. The topological polar surface area (TPSA) is 67.9 Å². The molecule has 1 saturated carbocycles. The lowest BCUT2D eigenvalue weighted by molar-refractivity contribution is 0.0525. The van der Waals surface area contributed by atoms with E-state index >= 15 is 0 Å². The van der Waals surface area contributed by atoms with Crippen LogP contribution < -0.4 is 0 Å². The molecule has 0 amide bonds. The Morgan fingerprint density at radius 2 is 2.28 bits per heavy atom. The highest BCUT2D eigenvalue weighted by atomic mass is 16.5. The second kappa shape index (κ2) is 4.81. The summed E-state index contributed by atoms with van der Waals surface area (Å²) in [6, 6.07) is 1.96. The Bertz CT molecular complexity index is 493. The summed E-state index contributed by atoms with van der Waals surface area (Å²) in [5, 5.41) is 13.3. The molecule has 0 aliphatic heterocycles. The molecule has 5 heteroatoms. The first kappa shape index (κ1) is 12.6. The van der Waals surface area contributed by atoms with Gasteiger partial charge in [-0.15, -0.1) is 0 Å². The van der Waals surface area contributed by atoms with Crippen molar-refractivity contribution in [3.63, 3.8) is 0 Å². The smallest absolute Gasteiger partial charge is 0.342 e. The van der Waals surface area contributed by atoms with Crippen molar-refractivity contribution >= 4 is 5.97 Å². The van der Waals surface area contributed by atoms with Crippen LogP contribution in [0.5, 0.6) is 0 Å². The molecule has 0 spiro atoms. The van der Waals surface area contributed by atoms with E-state index in [0.29, 0.717) is 6.61 Å². The van der Waals surface area contributed by atoms with Crippen LogP contribution in [0, 0.1) is 11.3 Å². The minimum atomic E-state index is -0.470. The molecule has 0 saturated heterocycles. The van der Waals surface area contributed by atoms with E-state index in [-0.39, 0.29) is 16.8 Å². The third-order valence-electron chi connectivity index (χ3n) is 3.55. The van der Waals surface area contributed by atoms with E-state index in [0.717, 1.165) is 25.7 Å². The van der Waals surface area contributed by atoms with Crippen molar-refractivity contribution < 1.29 is 9.53 Å². The normalized spacial score (nSPS) is 17.4. The zero-order chi connectivity index (χ0) is 13.2. The van der Waals surface area contributed by atoms with Crippen LogP contribution in [0.3, 0.4) is 0 Å². The maximum absolute atomic E-state index is 11.7. The molecule has 1 heterocycles. The van der Waals surface area contributed by atoms with Gasteiger partial charge in [0.25, 0.3) is 0 Å². The second-order valence-corrected chi connectivity index (χ2v) is 4.87. The van der Waals surface area contributed by atoms with Gasteiger partial charge in [-0.3, -0.25) is 4.68 Å². The van der Waals surface area contributed by atoms with Gasteiger partial charge >= 0.3 is 5.97 Å². The highest BCUT2D eigenvalue weighted by Crippen LogP contribution is 2.36. The van der Waals surface area contributed by atoms with Crippen LogP contribution in [0.1, 0.15) is 55.6 Å². The van der Waals surface area contributed by atoms with Crippen molar-refractivity contribution in [3.8, 4) is 6.07 Å². The molecule has 0 aromatic carbocycles. The maximum atomic E-state index is 11.7. The summed E-state index contributed by atoms with van der Waals surface area (Å²) in [7, 11) is 0. The predicted molar refractivity (Wildman–Crippen MR) is 65.0 cm³/mol. The standard InChI is InChI=1S/C13H17N3O2/c1-3-18-12(17)10-9-16(15-11(10)8-14)13(2)6-4-5-7-13/h9H,3-7H2,1-2H3. The molecule has 1 aliphatic carbocycles. The molecule has 1 aliphatic rings. The van der Waals surface area contributed by atoms with E-state index < -0.39 is 5.97 Å². The number of nitriles is 1. The van der Waals surface area contributed by atoms with Gasteiger partial charge in [-0.2, -0.15) is 10.4 Å². The number of hydrogen-bond acceptors (Lipinski definition) is 4. The van der Waals surface area contributed by atoms with Crippen LogP contribution in [0.4, 0.5) is 0 Å². The minimum absolute atomic E-state index is 0.0731. The summed E-state index contributed by atoms with van der Waals surface area (Å²) in [6.45, 7) is 4.15. The van der Waals surface area contributed by atoms with Crippen LogP contribution in [-0.2, 0) is 10.3 Å². The Labute approximate surface area is 106 Å². The van der Waals surface area contributed by atoms with Crippen molar-refractivity contribution in [1.82, 2.24) is 9.78 Å². The third-order valence-corrected chi connectivity index (χ3v) is 3.55. The highest BCUT2D eigenvalue weighted by molar-refractivity contribution is 5.91. The van der Waals surface area contributed by atoms with E-state index in [1.165, 1.54) is 0 Å². The molecule has 0 N–H and O–H groups in total. The summed E-state index contributed by atoms with van der Waals surface area (Å²) >= 11 is 0. The van der Waals surface area contributed by atoms with Crippen LogP contribution in [-0.4, -0.2) is 22.4 Å². The number of nitrogens with zero attached hydrogens (tertiary/aromatic N) is 3. The molecule has 5 nitrogen and oxygen atoms in total. The van der Waals surface area contributed by atoms with Crippen LogP contribution >= 0.6 is 0 Å². The molecule has 1 fully saturated rings. The monoisotopic (exact) mass is 247 g/mol. The Morgan fingerprint density at radius 3 is 2.83 bits per heavy atom. The predicted octanol–water partition coefficient (Wildman–Crippen LogP) is 2.22. The molecular weight excluding hydrogens is 230 g/mol. The fourth-order valence-electron chi connectivity index (χ4n) is 2.46. The first-order valence-electron chi connectivity index (χ1n) is 6.28.